The molecule has 0 bridgehead atoms. The molecule has 0 heterocycles. The summed E-state index contributed by atoms with van der Waals surface area (Å²) in [6.07, 6.45) is 4.35. The first-order valence-corrected chi connectivity index (χ1v) is 8.87. The molecule has 1 aliphatic rings. The van der Waals surface area contributed by atoms with E-state index in [1.165, 1.54) is 24.7 Å². The Bertz CT molecular complexity index is 835. The van der Waals surface area contributed by atoms with Crippen molar-refractivity contribution in [1.82, 2.24) is 0 Å². The number of anilines is 1. The molecule has 6 heteroatoms. The lowest BCUT2D eigenvalue weighted by Crippen LogP contribution is -2.21. The molecule has 26 heavy (non-hydrogen) atoms. The van der Waals surface area contributed by atoms with E-state index in [4.69, 9.17) is 21.1 Å². The van der Waals surface area contributed by atoms with Gasteiger partial charge in [0.1, 0.15) is 5.75 Å². The Labute approximate surface area is 157 Å². The third kappa shape index (κ3) is 4.35. The minimum Gasteiger partial charge on any atom is -0.495 e. The van der Waals surface area contributed by atoms with Crippen LogP contribution >= 0.6 is 11.6 Å². The fourth-order valence-corrected chi connectivity index (χ4v) is 3.21. The molecule has 0 saturated carbocycles. The number of amides is 1. The maximum atomic E-state index is 12.2. The minimum absolute atomic E-state index is 0.383. The molecule has 0 fully saturated rings. The highest BCUT2D eigenvalue weighted by molar-refractivity contribution is 6.31. The Kier molecular flexibility index (Phi) is 5.78. The van der Waals surface area contributed by atoms with E-state index >= 15 is 0 Å². The summed E-state index contributed by atoms with van der Waals surface area (Å²) in [4.78, 5) is 24.3. The quantitative estimate of drug-likeness (QED) is 0.804. The van der Waals surface area contributed by atoms with Crippen molar-refractivity contribution in [1.29, 1.82) is 0 Å². The van der Waals surface area contributed by atoms with Gasteiger partial charge in [-0.05, 0) is 67.1 Å². The second-order valence-corrected chi connectivity index (χ2v) is 6.60. The Morgan fingerprint density at radius 1 is 1.08 bits per heavy atom. The van der Waals surface area contributed by atoms with Crippen LogP contribution < -0.4 is 10.1 Å². The Balaban J connectivity index is 1.59. The van der Waals surface area contributed by atoms with Gasteiger partial charge in [-0.2, -0.15) is 0 Å². The van der Waals surface area contributed by atoms with Gasteiger partial charge in [-0.1, -0.05) is 17.7 Å². The smallest absolute Gasteiger partial charge is 0.338 e. The topological polar surface area (TPSA) is 64.6 Å². The molecule has 0 aromatic heterocycles. The van der Waals surface area contributed by atoms with Gasteiger partial charge in [-0.15, -0.1) is 0 Å². The highest BCUT2D eigenvalue weighted by atomic mass is 35.5. The summed E-state index contributed by atoms with van der Waals surface area (Å²) < 4.78 is 10.3. The summed E-state index contributed by atoms with van der Waals surface area (Å²) in [5.41, 5.74) is 3.38. The van der Waals surface area contributed by atoms with Crippen molar-refractivity contribution in [2.45, 2.75) is 25.7 Å². The molecule has 0 spiro atoms. The van der Waals surface area contributed by atoms with Gasteiger partial charge in [0.15, 0.2) is 6.61 Å². The van der Waals surface area contributed by atoms with Gasteiger partial charge < -0.3 is 14.8 Å². The molecule has 0 atom stereocenters. The Morgan fingerprint density at radius 2 is 1.85 bits per heavy atom. The monoisotopic (exact) mass is 373 g/mol. The molecule has 0 aliphatic heterocycles. The zero-order chi connectivity index (χ0) is 18.5. The summed E-state index contributed by atoms with van der Waals surface area (Å²) in [5, 5.41) is 3.10. The lowest BCUT2D eigenvalue weighted by atomic mass is 9.90. The molecule has 2 aromatic rings. The number of hydrogen-bond donors (Lipinski definition) is 1. The third-order valence-corrected chi connectivity index (χ3v) is 4.59. The lowest BCUT2D eigenvalue weighted by molar-refractivity contribution is -0.119. The van der Waals surface area contributed by atoms with Crippen molar-refractivity contribution in [3.8, 4) is 5.75 Å². The SMILES string of the molecule is COc1ccc(Cl)cc1NC(=O)COC(=O)c1ccc2c(c1)CCCC2. The van der Waals surface area contributed by atoms with Gasteiger partial charge in [-0.3, -0.25) is 4.79 Å². The van der Waals surface area contributed by atoms with E-state index in [9.17, 15) is 9.59 Å². The predicted molar refractivity (Wildman–Crippen MR) is 100 cm³/mol. The molecular formula is C20H20ClNO4. The van der Waals surface area contributed by atoms with E-state index in [0.717, 1.165) is 19.3 Å². The summed E-state index contributed by atoms with van der Waals surface area (Å²) in [5.74, 6) is -0.493. The molecule has 136 valence electrons. The van der Waals surface area contributed by atoms with Crippen molar-refractivity contribution in [3.05, 3.63) is 58.1 Å². The van der Waals surface area contributed by atoms with Crippen LogP contribution in [0, 0.1) is 0 Å². The zero-order valence-corrected chi connectivity index (χ0v) is 15.3. The number of aryl methyl sites for hydroxylation is 2. The highest BCUT2D eigenvalue weighted by Gasteiger charge is 2.15. The summed E-state index contributed by atoms with van der Waals surface area (Å²) in [6, 6.07) is 10.5. The first-order chi connectivity index (χ1) is 12.6. The number of nitrogens with one attached hydrogen (secondary N) is 1. The van der Waals surface area contributed by atoms with E-state index < -0.39 is 11.9 Å². The Morgan fingerprint density at radius 3 is 2.62 bits per heavy atom. The van der Waals surface area contributed by atoms with Crippen LogP contribution in [0.25, 0.3) is 0 Å². The summed E-state index contributed by atoms with van der Waals surface area (Å²) in [7, 11) is 1.50. The largest absolute Gasteiger partial charge is 0.495 e. The van der Waals surface area contributed by atoms with Crippen molar-refractivity contribution in [3.63, 3.8) is 0 Å². The van der Waals surface area contributed by atoms with Crippen LogP contribution in [0.2, 0.25) is 5.02 Å². The number of halogens is 1. The van der Waals surface area contributed by atoms with Crippen LogP contribution in [0.15, 0.2) is 36.4 Å². The number of rotatable bonds is 5. The van der Waals surface area contributed by atoms with Gasteiger partial charge in [0.05, 0.1) is 18.4 Å². The number of fused-ring (bicyclic) bond motifs is 1. The van der Waals surface area contributed by atoms with Gasteiger partial charge in [0.2, 0.25) is 0 Å². The molecule has 0 saturated heterocycles. The van der Waals surface area contributed by atoms with E-state index in [1.807, 2.05) is 12.1 Å². The first-order valence-electron chi connectivity index (χ1n) is 8.49. The van der Waals surface area contributed by atoms with Gasteiger partial charge in [0.25, 0.3) is 5.91 Å². The highest BCUT2D eigenvalue weighted by Crippen LogP contribution is 2.27. The molecule has 2 aromatic carbocycles. The van der Waals surface area contributed by atoms with Crippen LogP contribution in [0.5, 0.6) is 5.75 Å². The molecule has 3 rings (SSSR count). The number of benzene rings is 2. The van der Waals surface area contributed by atoms with Crippen LogP contribution in [0.4, 0.5) is 5.69 Å². The maximum Gasteiger partial charge on any atom is 0.338 e. The normalized spacial score (nSPS) is 12.8. The van der Waals surface area contributed by atoms with Gasteiger partial charge >= 0.3 is 5.97 Å². The number of carbonyl (C=O) groups is 2. The molecule has 0 radical (unpaired) electrons. The maximum absolute atomic E-state index is 12.2. The standard InChI is InChI=1S/C20H20ClNO4/c1-25-18-9-8-16(21)11-17(18)22-19(23)12-26-20(24)15-7-6-13-4-2-3-5-14(13)10-15/h6-11H,2-5,12H2,1H3,(H,22,23). The molecule has 0 unspecified atom stereocenters. The first kappa shape index (κ1) is 18.3. The average Bonchev–Trinajstić information content (AvgIpc) is 2.66. The minimum atomic E-state index is -0.508. The van der Waals surface area contributed by atoms with Crippen LogP contribution in [0.3, 0.4) is 0 Å². The van der Waals surface area contributed by atoms with Crippen molar-refractivity contribution < 1.29 is 19.1 Å². The van der Waals surface area contributed by atoms with Gasteiger partial charge in [0, 0.05) is 5.02 Å². The average molecular weight is 374 g/mol. The second-order valence-electron chi connectivity index (χ2n) is 6.16. The van der Waals surface area contributed by atoms with Crippen LogP contribution in [0.1, 0.15) is 34.3 Å². The molecule has 5 nitrogen and oxygen atoms in total. The van der Waals surface area contributed by atoms with Crippen molar-refractivity contribution >= 4 is 29.2 Å². The van der Waals surface area contributed by atoms with Crippen molar-refractivity contribution in [2.75, 3.05) is 19.0 Å². The summed E-state index contributed by atoms with van der Waals surface area (Å²) >= 11 is 5.93. The lowest BCUT2D eigenvalue weighted by Gasteiger charge is -2.16. The van der Waals surface area contributed by atoms with Crippen LogP contribution in [-0.4, -0.2) is 25.6 Å². The Hall–Kier alpha value is -2.53. The van der Waals surface area contributed by atoms with E-state index in [2.05, 4.69) is 5.32 Å². The van der Waals surface area contributed by atoms with E-state index in [-0.39, 0.29) is 6.61 Å². The number of methoxy groups -OCH3 is 1. The number of esters is 1. The number of hydrogen-bond acceptors (Lipinski definition) is 4. The zero-order valence-electron chi connectivity index (χ0n) is 14.5. The van der Waals surface area contributed by atoms with Crippen molar-refractivity contribution in [2.24, 2.45) is 0 Å². The summed E-state index contributed by atoms with van der Waals surface area (Å²) in [6.45, 7) is -0.383. The van der Waals surface area contributed by atoms with Crippen LogP contribution in [-0.2, 0) is 22.4 Å². The molecule has 1 amide bonds. The number of carbonyl (C=O) groups excluding carboxylic acids is 2. The van der Waals surface area contributed by atoms with E-state index in [1.54, 1.807) is 24.3 Å². The molecule has 1 aliphatic carbocycles. The predicted octanol–water partition coefficient (Wildman–Crippen LogP) is 4.02. The number of ether oxygens (including phenoxy) is 2. The fraction of sp³-hybridized carbons (Fsp3) is 0.300. The third-order valence-electron chi connectivity index (χ3n) is 4.35. The molecule has 1 N–H and O–H groups in total. The second kappa shape index (κ2) is 8.23. The molecular weight excluding hydrogens is 354 g/mol. The van der Waals surface area contributed by atoms with Gasteiger partial charge in [-0.25, -0.2) is 4.79 Å². The fourth-order valence-electron chi connectivity index (χ4n) is 3.04. The van der Waals surface area contributed by atoms with E-state index in [0.29, 0.717) is 22.0 Å².